The summed E-state index contributed by atoms with van der Waals surface area (Å²) in [6.45, 7) is 2.49. The molecule has 18 heavy (non-hydrogen) atoms. The first-order valence-electron chi connectivity index (χ1n) is 5.43. The first kappa shape index (κ1) is 14.0. The normalized spacial score (nSPS) is 9.89. The summed E-state index contributed by atoms with van der Waals surface area (Å²) >= 11 is 0. The van der Waals surface area contributed by atoms with Crippen LogP contribution in [0.1, 0.15) is 15.9 Å². The zero-order valence-electron chi connectivity index (χ0n) is 10.3. The van der Waals surface area contributed by atoms with E-state index in [2.05, 4.69) is 10.6 Å². The molecule has 0 unspecified atom stereocenters. The molecule has 0 aliphatic heterocycles. The highest BCUT2D eigenvalue weighted by Crippen LogP contribution is 2.20. The van der Waals surface area contributed by atoms with E-state index in [-0.39, 0.29) is 5.56 Å². The molecule has 0 spiro atoms. The zero-order chi connectivity index (χ0) is 13.5. The number of carbonyl (C=O) groups is 2. The first-order valence-corrected chi connectivity index (χ1v) is 5.43. The maximum absolute atomic E-state index is 11.5. The Morgan fingerprint density at radius 3 is 2.72 bits per heavy atom. The number of hydrogen-bond acceptors (Lipinski definition) is 3. The van der Waals surface area contributed by atoms with E-state index in [4.69, 9.17) is 9.84 Å². The van der Waals surface area contributed by atoms with Crippen molar-refractivity contribution in [3.63, 3.8) is 0 Å². The summed E-state index contributed by atoms with van der Waals surface area (Å²) in [6, 6.07) is 4.35. The number of nitrogens with one attached hydrogen (secondary N) is 2. The van der Waals surface area contributed by atoms with Gasteiger partial charge >= 0.3 is 12.0 Å². The Labute approximate surface area is 105 Å². The minimum absolute atomic E-state index is 0.0666. The van der Waals surface area contributed by atoms with Crippen molar-refractivity contribution in [1.82, 2.24) is 5.32 Å². The van der Waals surface area contributed by atoms with Crippen molar-refractivity contribution in [3.05, 3.63) is 29.3 Å². The van der Waals surface area contributed by atoms with Gasteiger partial charge in [0.25, 0.3) is 0 Å². The third-order valence-corrected chi connectivity index (χ3v) is 2.33. The summed E-state index contributed by atoms with van der Waals surface area (Å²) in [4.78, 5) is 22.6. The lowest BCUT2D eigenvalue weighted by molar-refractivity contribution is 0.0698. The molecule has 0 aliphatic rings. The van der Waals surface area contributed by atoms with Crippen LogP contribution in [-0.2, 0) is 4.74 Å². The van der Waals surface area contributed by atoms with Crippen molar-refractivity contribution in [2.24, 2.45) is 0 Å². The minimum atomic E-state index is -1.08. The second-order valence-electron chi connectivity index (χ2n) is 3.68. The Morgan fingerprint density at radius 2 is 2.11 bits per heavy atom. The van der Waals surface area contributed by atoms with Crippen molar-refractivity contribution in [2.75, 3.05) is 25.6 Å². The maximum atomic E-state index is 11.5. The molecule has 6 heteroatoms. The van der Waals surface area contributed by atoms with Crippen molar-refractivity contribution < 1.29 is 19.4 Å². The van der Waals surface area contributed by atoms with Gasteiger partial charge in [-0.05, 0) is 18.6 Å². The number of aryl methyl sites for hydroxylation is 1. The van der Waals surface area contributed by atoms with Crippen LogP contribution >= 0.6 is 0 Å². The Kier molecular flexibility index (Phi) is 5.13. The standard InChI is InChI=1S/C12H16N2O4/c1-8-4-3-5-9(11(15)16)10(8)14-12(17)13-6-7-18-2/h3-5H,6-7H2,1-2H3,(H,15,16)(H2,13,14,17). The second-order valence-corrected chi connectivity index (χ2v) is 3.68. The van der Waals surface area contributed by atoms with Crippen molar-refractivity contribution in [2.45, 2.75) is 6.92 Å². The number of aromatic carboxylic acids is 1. The summed E-state index contributed by atoms with van der Waals surface area (Å²) in [6.07, 6.45) is 0. The molecule has 0 radical (unpaired) electrons. The van der Waals surface area contributed by atoms with Crippen LogP contribution in [0.5, 0.6) is 0 Å². The Bertz CT molecular complexity index is 446. The minimum Gasteiger partial charge on any atom is -0.478 e. The summed E-state index contributed by atoms with van der Waals surface area (Å²) in [5.41, 5.74) is 1.06. The lowest BCUT2D eigenvalue weighted by atomic mass is 10.1. The van der Waals surface area contributed by atoms with E-state index in [1.807, 2.05) is 0 Å². The molecule has 0 saturated heterocycles. The van der Waals surface area contributed by atoms with Crippen molar-refractivity contribution in [3.8, 4) is 0 Å². The number of rotatable bonds is 5. The molecule has 1 rings (SSSR count). The van der Waals surface area contributed by atoms with Crippen LogP contribution in [0.2, 0.25) is 0 Å². The number of carboxylic acid groups (broad SMARTS) is 1. The molecular weight excluding hydrogens is 236 g/mol. The van der Waals surface area contributed by atoms with E-state index in [1.54, 1.807) is 19.1 Å². The fourth-order valence-electron chi connectivity index (χ4n) is 1.44. The largest absolute Gasteiger partial charge is 0.478 e. The molecule has 0 saturated carbocycles. The van der Waals surface area contributed by atoms with E-state index in [9.17, 15) is 9.59 Å². The van der Waals surface area contributed by atoms with Crippen molar-refractivity contribution >= 4 is 17.7 Å². The highest BCUT2D eigenvalue weighted by molar-refractivity contribution is 6.00. The number of urea groups is 1. The predicted octanol–water partition coefficient (Wildman–Crippen LogP) is 1.46. The molecule has 98 valence electrons. The summed E-state index contributed by atoms with van der Waals surface area (Å²) < 4.78 is 4.79. The van der Waals surface area contributed by atoms with Gasteiger partial charge in [0, 0.05) is 13.7 Å². The lowest BCUT2D eigenvalue weighted by Gasteiger charge is -2.12. The zero-order valence-corrected chi connectivity index (χ0v) is 10.3. The van der Waals surface area contributed by atoms with Gasteiger partial charge in [0.1, 0.15) is 0 Å². The first-order chi connectivity index (χ1) is 8.56. The number of amides is 2. The molecule has 0 atom stereocenters. The van der Waals surface area contributed by atoms with Crippen LogP contribution < -0.4 is 10.6 Å². The molecule has 2 amide bonds. The number of benzene rings is 1. The van der Waals surface area contributed by atoms with Crippen LogP contribution in [0, 0.1) is 6.92 Å². The average Bonchev–Trinajstić information content (AvgIpc) is 2.31. The van der Waals surface area contributed by atoms with E-state index < -0.39 is 12.0 Å². The summed E-state index contributed by atoms with van der Waals surface area (Å²) in [5.74, 6) is -1.08. The number of para-hydroxylation sites is 1. The number of anilines is 1. The highest BCUT2D eigenvalue weighted by atomic mass is 16.5. The quantitative estimate of drug-likeness (QED) is 0.692. The van der Waals surface area contributed by atoms with Crippen LogP contribution in [-0.4, -0.2) is 37.4 Å². The molecule has 1 aromatic rings. The molecule has 0 aromatic heterocycles. The number of ether oxygens (including phenoxy) is 1. The smallest absolute Gasteiger partial charge is 0.337 e. The topological polar surface area (TPSA) is 87.7 Å². The van der Waals surface area contributed by atoms with Crippen molar-refractivity contribution in [1.29, 1.82) is 0 Å². The van der Waals surface area contributed by atoms with Gasteiger partial charge < -0.3 is 20.5 Å². The fourth-order valence-corrected chi connectivity index (χ4v) is 1.44. The third-order valence-electron chi connectivity index (χ3n) is 2.33. The number of carboxylic acids is 1. The van der Waals surface area contributed by atoms with E-state index in [0.29, 0.717) is 24.4 Å². The van der Waals surface area contributed by atoms with E-state index in [0.717, 1.165) is 0 Å². The second kappa shape index (κ2) is 6.61. The predicted molar refractivity (Wildman–Crippen MR) is 67.0 cm³/mol. The summed E-state index contributed by atoms with van der Waals surface area (Å²) in [7, 11) is 1.53. The van der Waals surface area contributed by atoms with Crippen LogP contribution in [0.15, 0.2) is 18.2 Å². The fraction of sp³-hybridized carbons (Fsp3) is 0.333. The highest BCUT2D eigenvalue weighted by Gasteiger charge is 2.13. The van der Waals surface area contributed by atoms with Gasteiger partial charge in [-0.15, -0.1) is 0 Å². The van der Waals surface area contributed by atoms with Gasteiger partial charge in [0.05, 0.1) is 17.9 Å². The molecule has 0 heterocycles. The number of hydrogen-bond donors (Lipinski definition) is 3. The molecule has 1 aromatic carbocycles. The van der Waals surface area contributed by atoms with E-state index >= 15 is 0 Å². The maximum Gasteiger partial charge on any atom is 0.337 e. The van der Waals surface area contributed by atoms with Crippen LogP contribution in [0.4, 0.5) is 10.5 Å². The van der Waals surface area contributed by atoms with Gasteiger partial charge in [-0.25, -0.2) is 9.59 Å². The Hall–Kier alpha value is -2.08. The van der Waals surface area contributed by atoms with Crippen LogP contribution in [0.25, 0.3) is 0 Å². The van der Waals surface area contributed by atoms with Gasteiger partial charge in [0.2, 0.25) is 0 Å². The van der Waals surface area contributed by atoms with Gasteiger partial charge in [-0.3, -0.25) is 0 Å². The molecule has 6 nitrogen and oxygen atoms in total. The lowest BCUT2D eigenvalue weighted by Crippen LogP contribution is -2.32. The Morgan fingerprint density at radius 1 is 1.39 bits per heavy atom. The number of methoxy groups -OCH3 is 1. The SMILES string of the molecule is COCCNC(=O)Nc1c(C)cccc1C(=O)O. The third kappa shape index (κ3) is 3.74. The molecule has 0 fully saturated rings. The molecular formula is C12H16N2O4. The molecule has 3 N–H and O–H groups in total. The van der Waals surface area contributed by atoms with Gasteiger partial charge in [-0.1, -0.05) is 12.1 Å². The number of carbonyl (C=O) groups excluding carboxylic acids is 1. The molecule has 0 bridgehead atoms. The average molecular weight is 252 g/mol. The van der Waals surface area contributed by atoms with Gasteiger partial charge in [0.15, 0.2) is 0 Å². The summed E-state index contributed by atoms with van der Waals surface area (Å²) in [5, 5.41) is 14.1. The Balaban J connectivity index is 2.77. The van der Waals surface area contributed by atoms with Crippen LogP contribution in [0.3, 0.4) is 0 Å². The van der Waals surface area contributed by atoms with E-state index in [1.165, 1.54) is 13.2 Å². The monoisotopic (exact) mass is 252 g/mol. The van der Waals surface area contributed by atoms with Gasteiger partial charge in [-0.2, -0.15) is 0 Å². The molecule has 0 aliphatic carbocycles.